The molecule has 0 fully saturated rings. The van der Waals surface area contributed by atoms with Crippen LogP contribution in [0.3, 0.4) is 0 Å². The molecule has 1 aliphatic heterocycles. The fourth-order valence-electron chi connectivity index (χ4n) is 2.01. The summed E-state index contributed by atoms with van der Waals surface area (Å²) in [6.45, 7) is 1.87. The number of benzene rings is 1. The number of hydrogen-bond donors (Lipinski definition) is 1. The largest absolute Gasteiger partial charge is 0.493 e. The Morgan fingerprint density at radius 3 is 3.20 bits per heavy atom. The van der Waals surface area contributed by atoms with Gasteiger partial charge in [0.1, 0.15) is 5.75 Å². The van der Waals surface area contributed by atoms with Gasteiger partial charge in [-0.2, -0.15) is 0 Å². The fourth-order valence-corrected chi connectivity index (χ4v) is 2.19. The van der Waals surface area contributed by atoms with Gasteiger partial charge in [-0.1, -0.05) is 11.6 Å². The Bertz CT molecular complexity index is 340. The van der Waals surface area contributed by atoms with Crippen molar-refractivity contribution in [1.29, 1.82) is 0 Å². The van der Waals surface area contributed by atoms with E-state index in [1.807, 2.05) is 25.2 Å². The van der Waals surface area contributed by atoms with Gasteiger partial charge in [-0.15, -0.1) is 0 Å². The molecule has 1 aliphatic rings. The molecule has 0 radical (unpaired) electrons. The van der Waals surface area contributed by atoms with Crippen molar-refractivity contribution in [3.8, 4) is 5.75 Å². The van der Waals surface area contributed by atoms with Gasteiger partial charge >= 0.3 is 0 Å². The number of fused-ring (bicyclic) bond motifs is 1. The molecule has 0 saturated carbocycles. The Labute approximate surface area is 95.6 Å². The van der Waals surface area contributed by atoms with Crippen molar-refractivity contribution in [3.63, 3.8) is 0 Å². The van der Waals surface area contributed by atoms with Gasteiger partial charge in [-0.25, -0.2) is 0 Å². The Morgan fingerprint density at radius 1 is 1.53 bits per heavy atom. The van der Waals surface area contributed by atoms with Crippen LogP contribution < -0.4 is 10.1 Å². The third kappa shape index (κ3) is 2.44. The quantitative estimate of drug-likeness (QED) is 0.796. The summed E-state index contributed by atoms with van der Waals surface area (Å²) in [5.74, 6) is 1.53. The van der Waals surface area contributed by atoms with Crippen molar-refractivity contribution < 1.29 is 4.74 Å². The van der Waals surface area contributed by atoms with Gasteiger partial charge in [-0.3, -0.25) is 0 Å². The molecule has 1 heterocycles. The average Bonchev–Trinajstić information content (AvgIpc) is 2.62. The Balaban J connectivity index is 2.03. The fraction of sp³-hybridized carbons (Fsp3) is 0.500. The highest BCUT2D eigenvalue weighted by Crippen LogP contribution is 2.37. The van der Waals surface area contributed by atoms with Crippen LogP contribution in [-0.4, -0.2) is 20.2 Å². The van der Waals surface area contributed by atoms with Gasteiger partial charge in [0.2, 0.25) is 0 Å². The van der Waals surface area contributed by atoms with Crippen molar-refractivity contribution in [3.05, 3.63) is 28.8 Å². The molecule has 1 unspecified atom stereocenters. The molecular formula is C12H16ClNO. The molecule has 2 rings (SSSR count). The molecule has 2 nitrogen and oxygen atoms in total. The Hall–Kier alpha value is -0.730. The zero-order valence-corrected chi connectivity index (χ0v) is 9.68. The normalized spacial score (nSPS) is 18.7. The molecule has 1 aromatic carbocycles. The first-order chi connectivity index (χ1) is 7.31. The lowest BCUT2D eigenvalue weighted by molar-refractivity contribution is 0.323. The predicted octanol–water partition coefficient (Wildman–Crippen LogP) is 2.82. The molecular weight excluding hydrogens is 210 g/mol. The number of halogens is 1. The van der Waals surface area contributed by atoms with Crippen LogP contribution in [0.15, 0.2) is 18.2 Å². The van der Waals surface area contributed by atoms with E-state index in [1.54, 1.807) is 0 Å². The highest BCUT2D eigenvalue weighted by Gasteiger charge is 2.23. The third-order valence-corrected chi connectivity index (χ3v) is 3.07. The van der Waals surface area contributed by atoms with E-state index in [9.17, 15) is 0 Å². The molecule has 0 saturated heterocycles. The van der Waals surface area contributed by atoms with E-state index in [0.717, 1.165) is 30.3 Å². The van der Waals surface area contributed by atoms with E-state index in [0.29, 0.717) is 5.92 Å². The van der Waals surface area contributed by atoms with Crippen molar-refractivity contribution in [1.82, 2.24) is 5.32 Å². The van der Waals surface area contributed by atoms with Crippen LogP contribution in [0.25, 0.3) is 0 Å². The van der Waals surface area contributed by atoms with E-state index in [1.165, 1.54) is 12.0 Å². The van der Waals surface area contributed by atoms with E-state index in [2.05, 4.69) is 5.32 Å². The summed E-state index contributed by atoms with van der Waals surface area (Å²) in [6, 6.07) is 5.89. The highest BCUT2D eigenvalue weighted by molar-refractivity contribution is 6.30. The second-order valence-electron chi connectivity index (χ2n) is 3.94. The molecule has 0 aromatic heterocycles. The smallest absolute Gasteiger partial charge is 0.123 e. The summed E-state index contributed by atoms with van der Waals surface area (Å²) in [5, 5.41) is 3.96. The maximum atomic E-state index is 5.98. The lowest BCUT2D eigenvalue weighted by atomic mass is 9.96. The lowest BCUT2D eigenvalue weighted by Gasteiger charge is -2.08. The van der Waals surface area contributed by atoms with Crippen LogP contribution in [-0.2, 0) is 0 Å². The van der Waals surface area contributed by atoms with Crippen LogP contribution in [0.1, 0.15) is 24.3 Å². The molecule has 1 atom stereocenters. The van der Waals surface area contributed by atoms with Gasteiger partial charge in [0.15, 0.2) is 0 Å². The van der Waals surface area contributed by atoms with Crippen LogP contribution in [0, 0.1) is 0 Å². The van der Waals surface area contributed by atoms with Gasteiger partial charge in [0.05, 0.1) is 6.61 Å². The summed E-state index contributed by atoms with van der Waals surface area (Å²) in [6.07, 6.45) is 2.34. The van der Waals surface area contributed by atoms with E-state index in [-0.39, 0.29) is 0 Å². The summed E-state index contributed by atoms with van der Waals surface area (Å²) in [7, 11) is 1.98. The van der Waals surface area contributed by atoms with Crippen LogP contribution in [0.5, 0.6) is 5.75 Å². The van der Waals surface area contributed by atoms with E-state index < -0.39 is 0 Å². The Morgan fingerprint density at radius 2 is 2.40 bits per heavy atom. The molecule has 0 spiro atoms. The summed E-state index contributed by atoms with van der Waals surface area (Å²) in [4.78, 5) is 0. The SMILES string of the molecule is CNCCCC1COc2ccc(Cl)cc21. The van der Waals surface area contributed by atoms with E-state index >= 15 is 0 Å². The second kappa shape index (κ2) is 4.86. The number of hydrogen-bond acceptors (Lipinski definition) is 2. The summed E-state index contributed by atoms with van der Waals surface area (Å²) in [5.41, 5.74) is 1.28. The molecule has 0 aliphatic carbocycles. The minimum absolute atomic E-state index is 0.520. The first kappa shape index (κ1) is 10.8. The molecule has 1 N–H and O–H groups in total. The zero-order chi connectivity index (χ0) is 10.7. The van der Waals surface area contributed by atoms with Gasteiger partial charge in [0.25, 0.3) is 0 Å². The topological polar surface area (TPSA) is 21.3 Å². The second-order valence-corrected chi connectivity index (χ2v) is 4.37. The first-order valence-electron chi connectivity index (χ1n) is 5.38. The zero-order valence-electron chi connectivity index (χ0n) is 8.92. The molecule has 82 valence electrons. The van der Waals surface area contributed by atoms with Crippen molar-refractivity contribution >= 4 is 11.6 Å². The van der Waals surface area contributed by atoms with Crippen LogP contribution in [0.4, 0.5) is 0 Å². The molecule has 0 bridgehead atoms. The maximum Gasteiger partial charge on any atom is 0.123 e. The molecule has 0 amide bonds. The lowest BCUT2D eigenvalue weighted by Crippen LogP contribution is -2.10. The highest BCUT2D eigenvalue weighted by atomic mass is 35.5. The average molecular weight is 226 g/mol. The van der Waals surface area contributed by atoms with Crippen LogP contribution in [0.2, 0.25) is 5.02 Å². The summed E-state index contributed by atoms with van der Waals surface area (Å²) >= 11 is 5.98. The molecule has 15 heavy (non-hydrogen) atoms. The van der Waals surface area contributed by atoms with E-state index in [4.69, 9.17) is 16.3 Å². The van der Waals surface area contributed by atoms with Gasteiger partial charge in [-0.05, 0) is 44.6 Å². The van der Waals surface area contributed by atoms with Crippen molar-refractivity contribution in [2.75, 3.05) is 20.2 Å². The summed E-state index contributed by atoms with van der Waals surface area (Å²) < 4.78 is 5.62. The monoisotopic (exact) mass is 225 g/mol. The maximum absolute atomic E-state index is 5.98. The molecule has 3 heteroatoms. The predicted molar refractivity (Wildman–Crippen MR) is 62.8 cm³/mol. The minimum atomic E-state index is 0.520. The third-order valence-electron chi connectivity index (χ3n) is 2.83. The first-order valence-corrected chi connectivity index (χ1v) is 5.76. The Kier molecular flexibility index (Phi) is 3.49. The standard InChI is InChI=1S/C12H16ClNO/c1-14-6-2-3-9-8-15-12-5-4-10(13)7-11(9)12/h4-5,7,9,14H,2-3,6,8H2,1H3. The number of rotatable bonds is 4. The number of nitrogens with one attached hydrogen (secondary N) is 1. The minimum Gasteiger partial charge on any atom is -0.493 e. The van der Waals surface area contributed by atoms with Crippen molar-refractivity contribution in [2.24, 2.45) is 0 Å². The van der Waals surface area contributed by atoms with Gasteiger partial charge < -0.3 is 10.1 Å². The number of ether oxygens (including phenoxy) is 1. The van der Waals surface area contributed by atoms with Crippen LogP contribution >= 0.6 is 11.6 Å². The van der Waals surface area contributed by atoms with Gasteiger partial charge in [0, 0.05) is 16.5 Å². The van der Waals surface area contributed by atoms with Crippen molar-refractivity contribution in [2.45, 2.75) is 18.8 Å². The molecule has 1 aromatic rings.